The molecule has 1 aromatic rings. The first-order chi connectivity index (χ1) is 16.3. The van der Waals surface area contributed by atoms with Crippen molar-refractivity contribution in [2.75, 3.05) is 20.3 Å². The molecule has 190 valence electrons. The van der Waals surface area contributed by atoms with Crippen LogP contribution in [0.1, 0.15) is 70.3 Å². The minimum atomic E-state index is -4.99. The Morgan fingerprint density at radius 1 is 1.12 bits per heavy atom. The third-order valence-corrected chi connectivity index (χ3v) is 6.18. The fourth-order valence-corrected chi connectivity index (χ4v) is 4.42. The van der Waals surface area contributed by atoms with Gasteiger partial charge >= 0.3 is 12.1 Å². The summed E-state index contributed by atoms with van der Waals surface area (Å²) in [5.41, 5.74) is -3.42. The van der Waals surface area contributed by atoms with E-state index in [1.165, 1.54) is 29.2 Å². The Bertz CT molecular complexity index is 797. The predicted molar refractivity (Wildman–Crippen MR) is 124 cm³/mol. The van der Waals surface area contributed by atoms with E-state index in [-0.39, 0.29) is 25.1 Å². The summed E-state index contributed by atoms with van der Waals surface area (Å²) in [6, 6.07) is 6.57. The molecule has 0 saturated heterocycles. The van der Waals surface area contributed by atoms with E-state index in [2.05, 4.69) is 6.08 Å². The van der Waals surface area contributed by atoms with Crippen molar-refractivity contribution in [3.8, 4) is 0 Å². The summed E-state index contributed by atoms with van der Waals surface area (Å²) in [6.07, 6.45) is 5.08. The number of methoxy groups -OCH3 is 1. The maximum Gasteiger partial charge on any atom is 0.430 e. The van der Waals surface area contributed by atoms with Gasteiger partial charge in [-0.3, -0.25) is 9.59 Å². The number of benzene rings is 1. The number of nitrogens with zero attached hydrogens (tertiary/aromatic N) is 1. The van der Waals surface area contributed by atoms with Crippen LogP contribution < -0.4 is 0 Å². The van der Waals surface area contributed by atoms with E-state index in [1.807, 2.05) is 13.0 Å². The zero-order chi connectivity index (χ0) is 25.0. The van der Waals surface area contributed by atoms with Crippen LogP contribution in [0.4, 0.5) is 13.2 Å². The largest absolute Gasteiger partial charge is 0.464 e. The molecule has 0 radical (unpaired) electrons. The molecule has 0 fully saturated rings. The molecule has 1 heterocycles. The van der Waals surface area contributed by atoms with E-state index in [0.29, 0.717) is 25.7 Å². The number of halogens is 3. The molecule has 2 atom stereocenters. The van der Waals surface area contributed by atoms with Gasteiger partial charge in [-0.05, 0) is 38.5 Å². The fraction of sp³-hybridized carbons (Fsp3) is 0.615. The van der Waals surface area contributed by atoms with Gasteiger partial charge in [0, 0.05) is 25.1 Å². The molecule has 0 aliphatic carbocycles. The number of amides is 1. The van der Waals surface area contributed by atoms with E-state index in [1.54, 1.807) is 6.07 Å². The number of hydrogen-bond acceptors (Lipinski definition) is 4. The number of rotatable bonds is 5. The van der Waals surface area contributed by atoms with Gasteiger partial charge in [-0.1, -0.05) is 62.2 Å². The zero-order valence-corrected chi connectivity index (χ0v) is 20.1. The molecule has 0 bridgehead atoms. The van der Waals surface area contributed by atoms with Gasteiger partial charge in [-0.2, -0.15) is 13.2 Å². The highest BCUT2D eigenvalue weighted by Crippen LogP contribution is 2.44. The summed E-state index contributed by atoms with van der Waals surface area (Å²) in [6.45, 7) is 1.65. The van der Waals surface area contributed by atoms with E-state index in [4.69, 9.17) is 9.47 Å². The number of allylic oxidation sites excluding steroid dienone is 2. The molecule has 34 heavy (non-hydrogen) atoms. The monoisotopic (exact) mass is 483 g/mol. The van der Waals surface area contributed by atoms with Crippen LogP contribution in [-0.2, 0) is 24.7 Å². The van der Waals surface area contributed by atoms with Gasteiger partial charge in [-0.25, -0.2) is 0 Å². The zero-order valence-electron chi connectivity index (χ0n) is 20.1. The topological polar surface area (TPSA) is 55.8 Å². The van der Waals surface area contributed by atoms with Gasteiger partial charge in [0.1, 0.15) is 6.61 Å². The Morgan fingerprint density at radius 2 is 1.79 bits per heavy atom. The number of esters is 1. The first kappa shape index (κ1) is 27.9. The van der Waals surface area contributed by atoms with Crippen LogP contribution in [0.25, 0.3) is 0 Å². The number of carbonyl (C=O) groups is 2. The molecular formula is C26H36F3NO4. The van der Waals surface area contributed by atoms with Crippen LogP contribution in [0.2, 0.25) is 0 Å². The van der Waals surface area contributed by atoms with Crippen molar-refractivity contribution in [3.63, 3.8) is 0 Å². The summed E-state index contributed by atoms with van der Waals surface area (Å²) < 4.78 is 54.0. The maximum atomic E-state index is 14.6. The van der Waals surface area contributed by atoms with Crippen LogP contribution in [0, 0.1) is 0 Å². The van der Waals surface area contributed by atoms with Gasteiger partial charge in [0.05, 0.1) is 6.54 Å². The molecule has 1 aliphatic rings. The Kier molecular flexibility index (Phi) is 11.1. The van der Waals surface area contributed by atoms with Crippen LogP contribution in [-0.4, -0.2) is 49.3 Å². The molecule has 5 nitrogen and oxygen atoms in total. The van der Waals surface area contributed by atoms with E-state index >= 15 is 0 Å². The molecule has 0 aromatic heterocycles. The van der Waals surface area contributed by atoms with E-state index in [0.717, 1.165) is 32.8 Å². The molecule has 0 spiro atoms. The number of carbonyl (C=O) groups excluding carboxylic acids is 2. The quantitative estimate of drug-likeness (QED) is 0.385. The van der Waals surface area contributed by atoms with Crippen LogP contribution >= 0.6 is 0 Å². The highest BCUT2D eigenvalue weighted by molar-refractivity contribution is 5.88. The first-order valence-corrected chi connectivity index (χ1v) is 12.1. The standard InChI is InChI=1S/C26H36F3NO4/c1-3-14-22-17-12-7-5-4-6-8-13-18-23(31)34-20-19-30(22)24(32)25(33-2,26(27,28)29)21-15-10-9-11-16-21/h4,6,9-11,15-16,22H,3,5,7-8,12-14,17-20H2,1-2H3/b6-4-/t22-,25-/m0/s1. The van der Waals surface area contributed by atoms with Gasteiger partial charge in [0.15, 0.2) is 0 Å². The lowest BCUT2D eigenvalue weighted by Gasteiger charge is -2.41. The van der Waals surface area contributed by atoms with Crippen molar-refractivity contribution in [2.24, 2.45) is 0 Å². The van der Waals surface area contributed by atoms with E-state index < -0.39 is 29.7 Å². The van der Waals surface area contributed by atoms with Gasteiger partial charge in [0.25, 0.3) is 11.5 Å². The summed E-state index contributed by atoms with van der Waals surface area (Å²) in [4.78, 5) is 27.1. The minimum absolute atomic E-state index is 0.123. The maximum absolute atomic E-state index is 14.6. The third kappa shape index (κ3) is 7.08. The molecule has 1 aromatic carbocycles. The number of ether oxygens (including phenoxy) is 2. The number of cyclic esters (lactones) is 1. The predicted octanol–water partition coefficient (Wildman–Crippen LogP) is 5.93. The second kappa shape index (κ2) is 13.5. The number of alkyl halides is 3. The highest BCUT2D eigenvalue weighted by atomic mass is 19.4. The summed E-state index contributed by atoms with van der Waals surface area (Å²) in [7, 11) is 0.910. The minimum Gasteiger partial charge on any atom is -0.464 e. The van der Waals surface area contributed by atoms with Crippen molar-refractivity contribution >= 4 is 11.9 Å². The average molecular weight is 484 g/mol. The smallest absolute Gasteiger partial charge is 0.430 e. The number of hydrogen-bond donors (Lipinski definition) is 0. The van der Waals surface area contributed by atoms with Gasteiger partial charge < -0.3 is 14.4 Å². The molecule has 8 heteroatoms. The lowest BCUT2D eigenvalue weighted by Crippen LogP contribution is -2.59. The van der Waals surface area contributed by atoms with Gasteiger partial charge in [-0.15, -0.1) is 0 Å². The van der Waals surface area contributed by atoms with Gasteiger partial charge in [0.2, 0.25) is 0 Å². The Labute approximate surface area is 200 Å². The second-order valence-corrected chi connectivity index (χ2v) is 8.56. The molecule has 2 rings (SSSR count). The lowest BCUT2D eigenvalue weighted by atomic mass is 9.89. The molecule has 0 N–H and O–H groups in total. The molecule has 1 aliphatic heterocycles. The molecule has 0 saturated carbocycles. The average Bonchev–Trinajstić information content (AvgIpc) is 2.81. The summed E-state index contributed by atoms with van der Waals surface area (Å²) in [5, 5.41) is 0. The fourth-order valence-electron chi connectivity index (χ4n) is 4.42. The van der Waals surface area contributed by atoms with Crippen LogP contribution in [0.5, 0.6) is 0 Å². The first-order valence-electron chi connectivity index (χ1n) is 12.1. The van der Waals surface area contributed by atoms with Crippen LogP contribution in [0.3, 0.4) is 0 Å². The highest BCUT2D eigenvalue weighted by Gasteiger charge is 2.64. The third-order valence-electron chi connectivity index (χ3n) is 6.18. The van der Waals surface area contributed by atoms with Crippen molar-refractivity contribution in [3.05, 3.63) is 48.0 Å². The molecule has 0 unspecified atom stereocenters. The summed E-state index contributed by atoms with van der Waals surface area (Å²) in [5.74, 6) is -1.59. The van der Waals surface area contributed by atoms with Crippen LogP contribution in [0.15, 0.2) is 42.5 Å². The summed E-state index contributed by atoms with van der Waals surface area (Å²) >= 11 is 0. The van der Waals surface area contributed by atoms with E-state index in [9.17, 15) is 22.8 Å². The van der Waals surface area contributed by atoms with Crippen molar-refractivity contribution < 1.29 is 32.2 Å². The van der Waals surface area contributed by atoms with Crippen molar-refractivity contribution in [2.45, 2.75) is 82.5 Å². The molecule has 1 amide bonds. The normalized spacial score (nSPS) is 22.1. The SMILES string of the molecule is CCC[C@H]1CCCC/C=C\CCCC(=O)OCCN1C(=O)[C@@](OC)(c1ccccc1)C(F)(F)F. The molecular weight excluding hydrogens is 447 g/mol. The van der Waals surface area contributed by atoms with Crippen molar-refractivity contribution in [1.82, 2.24) is 4.90 Å². The second-order valence-electron chi connectivity index (χ2n) is 8.56. The van der Waals surface area contributed by atoms with Crippen molar-refractivity contribution in [1.29, 1.82) is 0 Å². The Balaban J connectivity index is 2.45. The Morgan fingerprint density at radius 3 is 2.41 bits per heavy atom. The lowest BCUT2D eigenvalue weighted by molar-refractivity contribution is -0.271. The Hall–Kier alpha value is -2.35.